The fraction of sp³-hybridized carbons (Fsp3) is 0.526. The zero-order valence-corrected chi connectivity index (χ0v) is 15.7. The summed E-state index contributed by atoms with van der Waals surface area (Å²) in [6.07, 6.45) is 3.81. The molecule has 2 amide bonds. The van der Waals surface area contributed by atoms with Gasteiger partial charge in [-0.1, -0.05) is 12.1 Å². The van der Waals surface area contributed by atoms with Crippen LogP contribution in [0.4, 0.5) is 14.9 Å². The fourth-order valence-electron chi connectivity index (χ4n) is 3.89. The zero-order chi connectivity index (χ0) is 19.5. The molecular formula is C19H25FN6O2. The van der Waals surface area contributed by atoms with Crippen molar-refractivity contribution in [1.82, 2.24) is 24.6 Å². The van der Waals surface area contributed by atoms with Gasteiger partial charge in [-0.2, -0.15) is 5.10 Å². The summed E-state index contributed by atoms with van der Waals surface area (Å²) in [5.74, 6) is 0.431. The van der Waals surface area contributed by atoms with E-state index >= 15 is 0 Å². The number of carbonyl (C=O) groups is 1. The van der Waals surface area contributed by atoms with Crippen LogP contribution in [-0.2, 0) is 19.5 Å². The highest BCUT2D eigenvalue weighted by Crippen LogP contribution is 2.14. The van der Waals surface area contributed by atoms with Crippen LogP contribution in [0.15, 0.2) is 29.1 Å². The smallest absolute Gasteiger partial charge is 0.334 e. The highest BCUT2D eigenvalue weighted by atomic mass is 19.1. The quantitative estimate of drug-likeness (QED) is 0.811. The molecule has 0 bridgehead atoms. The first-order chi connectivity index (χ1) is 13.6. The number of nitrogens with zero attached hydrogens (tertiary/aromatic N) is 4. The summed E-state index contributed by atoms with van der Waals surface area (Å²) in [4.78, 5) is 26.7. The molecule has 28 heavy (non-hydrogen) atoms. The number of hydrogen-bond donors (Lipinski definition) is 2. The van der Waals surface area contributed by atoms with Gasteiger partial charge in [-0.05, 0) is 31.4 Å². The number of fused-ring (bicyclic) bond motifs is 1. The molecule has 4 rings (SSSR count). The van der Waals surface area contributed by atoms with Crippen LogP contribution in [0.25, 0.3) is 0 Å². The molecule has 8 nitrogen and oxygen atoms in total. The molecule has 1 aromatic carbocycles. The second kappa shape index (κ2) is 8.14. The van der Waals surface area contributed by atoms with E-state index in [1.54, 1.807) is 21.4 Å². The Labute approximate surface area is 162 Å². The molecule has 150 valence electrons. The lowest BCUT2D eigenvalue weighted by Gasteiger charge is -2.16. The molecule has 0 aliphatic carbocycles. The van der Waals surface area contributed by atoms with E-state index < -0.39 is 11.8 Å². The highest BCUT2D eigenvalue weighted by Gasteiger charge is 2.24. The largest absolute Gasteiger partial charge is 0.345 e. The average Bonchev–Trinajstić information content (AvgIpc) is 3.26. The maximum atomic E-state index is 13.6. The topological polar surface area (TPSA) is 84.2 Å². The Kier molecular flexibility index (Phi) is 5.43. The summed E-state index contributed by atoms with van der Waals surface area (Å²) < 4.78 is 17.0. The van der Waals surface area contributed by atoms with Crippen LogP contribution >= 0.6 is 0 Å². The van der Waals surface area contributed by atoms with Gasteiger partial charge >= 0.3 is 11.7 Å². The van der Waals surface area contributed by atoms with Gasteiger partial charge in [0.25, 0.3) is 0 Å². The number of anilines is 1. The van der Waals surface area contributed by atoms with Crippen molar-refractivity contribution in [1.29, 1.82) is 0 Å². The second-order valence-electron chi connectivity index (χ2n) is 7.40. The van der Waals surface area contributed by atoms with Crippen LogP contribution in [0.5, 0.6) is 0 Å². The predicted molar refractivity (Wildman–Crippen MR) is 103 cm³/mol. The molecular weight excluding hydrogens is 363 g/mol. The first-order valence-electron chi connectivity index (χ1n) is 9.81. The molecule has 2 aliphatic heterocycles. The fourth-order valence-corrected chi connectivity index (χ4v) is 3.89. The van der Waals surface area contributed by atoms with E-state index in [2.05, 4.69) is 20.6 Å². The summed E-state index contributed by atoms with van der Waals surface area (Å²) in [6.45, 7) is 3.57. The van der Waals surface area contributed by atoms with E-state index in [9.17, 15) is 14.0 Å². The predicted octanol–water partition coefficient (Wildman–Crippen LogP) is 1.42. The standard InChI is InChI=1S/C19H25FN6O2/c20-15-5-1-2-6-16(15)22-18(27)21-14-8-10-24(13-14)11-12-26-19(28)25-9-4-3-7-17(25)23-26/h1-2,5-6,14H,3-4,7-13H2,(H2,21,22,27). The van der Waals surface area contributed by atoms with Crippen molar-refractivity contribution in [3.8, 4) is 0 Å². The van der Waals surface area contributed by atoms with Gasteiger partial charge in [0.05, 0.1) is 12.2 Å². The van der Waals surface area contributed by atoms with Crippen LogP contribution in [0.1, 0.15) is 25.1 Å². The van der Waals surface area contributed by atoms with Crippen molar-refractivity contribution in [3.63, 3.8) is 0 Å². The number of urea groups is 1. The lowest BCUT2D eigenvalue weighted by molar-refractivity contribution is 0.247. The molecule has 3 heterocycles. The van der Waals surface area contributed by atoms with Crippen molar-refractivity contribution in [2.45, 2.75) is 44.8 Å². The number of aromatic nitrogens is 3. The third-order valence-corrected chi connectivity index (χ3v) is 5.39. The minimum absolute atomic E-state index is 0.00121. The Morgan fingerprint density at radius 3 is 2.89 bits per heavy atom. The van der Waals surface area contributed by atoms with Crippen molar-refractivity contribution in [2.24, 2.45) is 0 Å². The molecule has 0 radical (unpaired) electrons. The summed E-state index contributed by atoms with van der Waals surface area (Å²) >= 11 is 0. The van der Waals surface area contributed by atoms with E-state index in [0.29, 0.717) is 19.6 Å². The molecule has 1 atom stereocenters. The minimum atomic E-state index is -0.459. The molecule has 0 saturated carbocycles. The highest BCUT2D eigenvalue weighted by molar-refractivity contribution is 5.89. The third kappa shape index (κ3) is 4.09. The molecule has 9 heteroatoms. The van der Waals surface area contributed by atoms with E-state index in [1.807, 2.05) is 0 Å². The SMILES string of the molecule is O=C(Nc1ccccc1F)NC1CCN(CCn2nc3n(c2=O)CCCC3)C1. The Morgan fingerprint density at radius 2 is 2.07 bits per heavy atom. The molecule has 1 saturated heterocycles. The van der Waals surface area contributed by atoms with Crippen molar-refractivity contribution in [3.05, 3.63) is 46.4 Å². The first kappa shape index (κ1) is 18.7. The van der Waals surface area contributed by atoms with Gasteiger partial charge < -0.3 is 10.6 Å². The van der Waals surface area contributed by atoms with Crippen LogP contribution in [0.3, 0.4) is 0 Å². The van der Waals surface area contributed by atoms with E-state index in [0.717, 1.165) is 44.6 Å². The lowest BCUT2D eigenvalue weighted by Crippen LogP contribution is -2.40. The van der Waals surface area contributed by atoms with Crippen molar-refractivity contribution in [2.75, 3.05) is 25.0 Å². The van der Waals surface area contributed by atoms with Crippen LogP contribution < -0.4 is 16.3 Å². The summed E-state index contributed by atoms with van der Waals surface area (Å²) in [7, 11) is 0. The van der Waals surface area contributed by atoms with E-state index in [4.69, 9.17) is 0 Å². The Balaban J connectivity index is 1.26. The average molecular weight is 388 g/mol. The van der Waals surface area contributed by atoms with Crippen LogP contribution in [0, 0.1) is 5.82 Å². The van der Waals surface area contributed by atoms with Gasteiger partial charge in [0.1, 0.15) is 11.6 Å². The molecule has 1 unspecified atom stereocenters. The number of aryl methyl sites for hydroxylation is 1. The Morgan fingerprint density at radius 1 is 1.21 bits per heavy atom. The van der Waals surface area contributed by atoms with Gasteiger partial charge in [-0.15, -0.1) is 0 Å². The van der Waals surface area contributed by atoms with Gasteiger partial charge in [-0.25, -0.2) is 18.7 Å². The molecule has 0 spiro atoms. The number of benzene rings is 1. The number of halogens is 1. The summed E-state index contributed by atoms with van der Waals surface area (Å²) in [5.41, 5.74) is 0.144. The molecule has 2 N–H and O–H groups in total. The number of nitrogens with one attached hydrogen (secondary N) is 2. The maximum Gasteiger partial charge on any atom is 0.345 e. The number of para-hydroxylation sites is 1. The van der Waals surface area contributed by atoms with Crippen LogP contribution in [-0.4, -0.2) is 51.0 Å². The van der Waals surface area contributed by atoms with Gasteiger partial charge in [0.15, 0.2) is 0 Å². The van der Waals surface area contributed by atoms with Gasteiger partial charge in [-0.3, -0.25) is 9.47 Å². The summed E-state index contributed by atoms with van der Waals surface area (Å²) in [6, 6.07) is 5.68. The van der Waals surface area contributed by atoms with Crippen LogP contribution in [0.2, 0.25) is 0 Å². The minimum Gasteiger partial charge on any atom is -0.334 e. The zero-order valence-electron chi connectivity index (χ0n) is 15.7. The number of rotatable bonds is 5. The number of carbonyl (C=O) groups excluding carboxylic acids is 1. The number of amides is 2. The second-order valence-corrected chi connectivity index (χ2v) is 7.40. The van der Waals surface area contributed by atoms with E-state index in [-0.39, 0.29) is 17.4 Å². The molecule has 1 fully saturated rings. The Hall–Kier alpha value is -2.68. The number of hydrogen-bond acceptors (Lipinski definition) is 4. The lowest BCUT2D eigenvalue weighted by atomic mass is 10.2. The maximum absolute atomic E-state index is 13.6. The molecule has 1 aromatic heterocycles. The first-order valence-corrected chi connectivity index (χ1v) is 9.81. The van der Waals surface area contributed by atoms with Gasteiger partial charge in [0.2, 0.25) is 0 Å². The van der Waals surface area contributed by atoms with E-state index in [1.165, 1.54) is 12.1 Å². The normalized spacial score (nSPS) is 19.4. The Bertz CT molecular complexity index is 908. The van der Waals surface area contributed by atoms with Crippen molar-refractivity contribution < 1.29 is 9.18 Å². The third-order valence-electron chi connectivity index (χ3n) is 5.39. The molecule has 2 aliphatic rings. The number of likely N-dealkylation sites (tertiary alicyclic amines) is 1. The van der Waals surface area contributed by atoms with Crippen molar-refractivity contribution >= 4 is 11.7 Å². The summed E-state index contributed by atoms with van der Waals surface area (Å²) in [5, 5.41) is 9.89. The molecule has 2 aromatic rings. The monoisotopic (exact) mass is 388 g/mol. The van der Waals surface area contributed by atoms with Gasteiger partial charge in [0, 0.05) is 38.6 Å².